The van der Waals surface area contributed by atoms with Gasteiger partial charge in [0.25, 0.3) is 5.91 Å². The molecule has 124 valence electrons. The third kappa shape index (κ3) is 5.74. The van der Waals surface area contributed by atoms with Crippen LogP contribution in [-0.2, 0) is 11.2 Å². The zero-order valence-corrected chi connectivity index (χ0v) is 14.1. The number of nitrogens with zero attached hydrogens (tertiary/aromatic N) is 1. The van der Waals surface area contributed by atoms with E-state index in [-0.39, 0.29) is 12.0 Å². The highest BCUT2D eigenvalue weighted by molar-refractivity contribution is 7.09. The lowest BCUT2D eigenvalue weighted by Crippen LogP contribution is -2.25. The van der Waals surface area contributed by atoms with Crippen molar-refractivity contribution in [2.75, 3.05) is 19.7 Å². The SMILES string of the molecule is CC(OCCCNC(=O)c1csc(CCN)n1)c1ccccc1. The van der Waals surface area contributed by atoms with Crippen LogP contribution in [0.5, 0.6) is 0 Å². The number of hydrogen-bond donors (Lipinski definition) is 2. The third-order valence-electron chi connectivity index (χ3n) is 3.39. The zero-order chi connectivity index (χ0) is 16.5. The highest BCUT2D eigenvalue weighted by Crippen LogP contribution is 2.15. The van der Waals surface area contributed by atoms with E-state index in [4.69, 9.17) is 10.5 Å². The van der Waals surface area contributed by atoms with Crippen LogP contribution in [0.1, 0.15) is 40.5 Å². The lowest BCUT2D eigenvalue weighted by atomic mass is 10.1. The van der Waals surface area contributed by atoms with E-state index in [9.17, 15) is 4.79 Å². The molecule has 0 radical (unpaired) electrons. The van der Waals surface area contributed by atoms with Gasteiger partial charge in [0.15, 0.2) is 0 Å². The maximum Gasteiger partial charge on any atom is 0.270 e. The van der Waals surface area contributed by atoms with Gasteiger partial charge in [0.1, 0.15) is 5.69 Å². The van der Waals surface area contributed by atoms with Crippen LogP contribution in [0.15, 0.2) is 35.7 Å². The number of thiazole rings is 1. The molecule has 5 nitrogen and oxygen atoms in total. The summed E-state index contributed by atoms with van der Waals surface area (Å²) in [5.41, 5.74) is 7.11. The Morgan fingerprint density at radius 2 is 2.17 bits per heavy atom. The van der Waals surface area contributed by atoms with Crippen molar-refractivity contribution in [1.29, 1.82) is 0 Å². The van der Waals surface area contributed by atoms with Gasteiger partial charge in [0.2, 0.25) is 0 Å². The molecule has 0 saturated heterocycles. The second-order valence-corrected chi connectivity index (χ2v) is 6.14. The van der Waals surface area contributed by atoms with Crippen LogP contribution in [-0.4, -0.2) is 30.6 Å². The van der Waals surface area contributed by atoms with Crippen molar-refractivity contribution in [1.82, 2.24) is 10.3 Å². The Balaban J connectivity index is 1.64. The van der Waals surface area contributed by atoms with E-state index >= 15 is 0 Å². The number of amides is 1. The van der Waals surface area contributed by atoms with Crippen LogP contribution in [0.3, 0.4) is 0 Å². The molecule has 0 aliphatic rings. The minimum Gasteiger partial charge on any atom is -0.374 e. The number of carbonyl (C=O) groups excluding carboxylic acids is 1. The summed E-state index contributed by atoms with van der Waals surface area (Å²) in [6.45, 7) is 3.75. The van der Waals surface area contributed by atoms with Crippen molar-refractivity contribution in [3.8, 4) is 0 Å². The summed E-state index contributed by atoms with van der Waals surface area (Å²) >= 11 is 1.47. The second kappa shape index (κ2) is 9.39. The minimum atomic E-state index is -0.138. The molecule has 0 aliphatic heterocycles. The molecule has 1 unspecified atom stereocenters. The summed E-state index contributed by atoms with van der Waals surface area (Å²) in [6.07, 6.45) is 1.54. The summed E-state index contributed by atoms with van der Waals surface area (Å²) in [4.78, 5) is 16.2. The van der Waals surface area contributed by atoms with Gasteiger partial charge in [-0.25, -0.2) is 4.98 Å². The van der Waals surface area contributed by atoms with Gasteiger partial charge in [-0.15, -0.1) is 11.3 Å². The van der Waals surface area contributed by atoms with E-state index in [2.05, 4.69) is 10.3 Å². The molecule has 23 heavy (non-hydrogen) atoms. The molecule has 0 saturated carbocycles. The van der Waals surface area contributed by atoms with E-state index in [1.54, 1.807) is 5.38 Å². The number of ether oxygens (including phenoxy) is 1. The lowest BCUT2D eigenvalue weighted by molar-refractivity contribution is 0.0634. The highest BCUT2D eigenvalue weighted by Gasteiger charge is 2.10. The van der Waals surface area contributed by atoms with Gasteiger partial charge in [-0.1, -0.05) is 30.3 Å². The number of benzene rings is 1. The second-order valence-electron chi connectivity index (χ2n) is 5.20. The van der Waals surface area contributed by atoms with Gasteiger partial charge in [0.05, 0.1) is 11.1 Å². The van der Waals surface area contributed by atoms with Crippen molar-refractivity contribution in [3.63, 3.8) is 0 Å². The number of nitrogens with two attached hydrogens (primary N) is 1. The van der Waals surface area contributed by atoms with Crippen molar-refractivity contribution in [3.05, 3.63) is 52.0 Å². The Morgan fingerprint density at radius 3 is 2.91 bits per heavy atom. The molecule has 1 heterocycles. The molecule has 1 atom stereocenters. The predicted octanol–water partition coefficient (Wildman–Crippen LogP) is 2.54. The summed E-state index contributed by atoms with van der Waals surface area (Å²) < 4.78 is 5.77. The summed E-state index contributed by atoms with van der Waals surface area (Å²) in [5.74, 6) is -0.138. The summed E-state index contributed by atoms with van der Waals surface area (Å²) in [7, 11) is 0. The van der Waals surface area contributed by atoms with Gasteiger partial charge in [-0.05, 0) is 25.5 Å². The Kier molecular flexibility index (Phi) is 7.19. The molecule has 1 aromatic carbocycles. The molecule has 3 N–H and O–H groups in total. The molecule has 0 fully saturated rings. The van der Waals surface area contributed by atoms with Gasteiger partial charge in [0, 0.05) is 25.0 Å². The van der Waals surface area contributed by atoms with Crippen LogP contribution in [0.4, 0.5) is 0 Å². The first-order chi connectivity index (χ1) is 11.2. The molecule has 1 amide bonds. The number of rotatable bonds is 9. The van der Waals surface area contributed by atoms with Crippen molar-refractivity contribution >= 4 is 17.2 Å². The van der Waals surface area contributed by atoms with E-state index in [0.717, 1.165) is 17.0 Å². The van der Waals surface area contributed by atoms with Crippen LogP contribution in [0.2, 0.25) is 0 Å². The monoisotopic (exact) mass is 333 g/mol. The number of nitrogens with one attached hydrogen (secondary N) is 1. The number of aromatic nitrogens is 1. The summed E-state index contributed by atoms with van der Waals surface area (Å²) in [6, 6.07) is 10.1. The summed E-state index contributed by atoms with van der Waals surface area (Å²) in [5, 5.41) is 5.53. The molecule has 1 aromatic heterocycles. The minimum absolute atomic E-state index is 0.0595. The van der Waals surface area contributed by atoms with Crippen LogP contribution >= 0.6 is 11.3 Å². The van der Waals surface area contributed by atoms with Gasteiger partial charge in [-0.2, -0.15) is 0 Å². The Bertz CT molecular complexity index is 601. The average molecular weight is 333 g/mol. The van der Waals surface area contributed by atoms with E-state index in [1.807, 2.05) is 37.3 Å². The Hall–Kier alpha value is -1.76. The zero-order valence-electron chi connectivity index (χ0n) is 13.3. The fourth-order valence-corrected chi connectivity index (χ4v) is 2.89. The molecule has 2 rings (SSSR count). The quantitative estimate of drug-likeness (QED) is 0.691. The normalized spacial score (nSPS) is 12.1. The predicted molar refractivity (Wildman–Crippen MR) is 92.6 cm³/mol. The first-order valence-corrected chi connectivity index (χ1v) is 8.68. The van der Waals surface area contributed by atoms with Gasteiger partial charge in [-0.3, -0.25) is 4.79 Å². The third-order valence-corrected chi connectivity index (χ3v) is 4.29. The van der Waals surface area contributed by atoms with Gasteiger partial charge >= 0.3 is 0 Å². The first-order valence-electron chi connectivity index (χ1n) is 7.80. The molecule has 0 aliphatic carbocycles. The highest BCUT2D eigenvalue weighted by atomic mass is 32.1. The number of hydrogen-bond acceptors (Lipinski definition) is 5. The van der Waals surface area contributed by atoms with Crippen LogP contribution in [0, 0.1) is 0 Å². The topological polar surface area (TPSA) is 77.2 Å². The van der Waals surface area contributed by atoms with Crippen LogP contribution < -0.4 is 11.1 Å². The molecule has 2 aromatic rings. The van der Waals surface area contributed by atoms with E-state index < -0.39 is 0 Å². The average Bonchev–Trinajstić information content (AvgIpc) is 3.04. The molecule has 6 heteroatoms. The smallest absolute Gasteiger partial charge is 0.270 e. The molecule has 0 bridgehead atoms. The lowest BCUT2D eigenvalue weighted by Gasteiger charge is -2.13. The fourth-order valence-electron chi connectivity index (χ4n) is 2.10. The molecular weight excluding hydrogens is 310 g/mol. The van der Waals surface area contributed by atoms with Crippen molar-refractivity contribution in [2.45, 2.75) is 25.9 Å². The van der Waals surface area contributed by atoms with Crippen molar-refractivity contribution < 1.29 is 9.53 Å². The maximum atomic E-state index is 11.9. The maximum absolute atomic E-state index is 11.9. The first kappa shape index (κ1) is 17.6. The standard InChI is InChI=1S/C17H23N3O2S/c1-13(14-6-3-2-4-7-14)22-11-5-10-19-17(21)15-12-23-16(20-15)8-9-18/h2-4,6-7,12-13H,5,8-11,18H2,1H3,(H,19,21). The Labute approximate surface area is 140 Å². The molecule has 0 spiro atoms. The Morgan fingerprint density at radius 1 is 1.39 bits per heavy atom. The molecular formula is C17H23N3O2S. The van der Waals surface area contributed by atoms with Crippen LogP contribution in [0.25, 0.3) is 0 Å². The largest absolute Gasteiger partial charge is 0.374 e. The van der Waals surface area contributed by atoms with E-state index in [1.165, 1.54) is 11.3 Å². The van der Waals surface area contributed by atoms with Crippen molar-refractivity contribution in [2.24, 2.45) is 5.73 Å². The van der Waals surface area contributed by atoms with E-state index in [0.29, 0.717) is 31.8 Å². The fraction of sp³-hybridized carbons (Fsp3) is 0.412. The van der Waals surface area contributed by atoms with Gasteiger partial charge < -0.3 is 15.8 Å². The number of carbonyl (C=O) groups is 1.